The van der Waals surface area contributed by atoms with Gasteiger partial charge in [-0.2, -0.15) is 0 Å². The van der Waals surface area contributed by atoms with Gasteiger partial charge in [-0.25, -0.2) is 4.39 Å². The summed E-state index contributed by atoms with van der Waals surface area (Å²) in [6, 6.07) is 4.19. The average molecular weight is 299 g/mol. The standard InChI is InChI=1S/C14H18FNO3S/c15-12-2-1-10(9-13(12)20)14(18)16-5-3-11(4-6-16)19-8-7-17/h1-2,9,11,17,20H,3-8H2. The molecule has 0 atom stereocenters. The number of rotatable bonds is 4. The fraction of sp³-hybridized carbons (Fsp3) is 0.500. The van der Waals surface area contributed by atoms with Crippen molar-refractivity contribution in [1.82, 2.24) is 4.90 Å². The van der Waals surface area contributed by atoms with Gasteiger partial charge in [-0.05, 0) is 31.0 Å². The van der Waals surface area contributed by atoms with Crippen LogP contribution < -0.4 is 0 Å². The van der Waals surface area contributed by atoms with Gasteiger partial charge in [0, 0.05) is 23.5 Å². The first-order valence-electron chi connectivity index (χ1n) is 6.62. The number of piperidine rings is 1. The first-order chi connectivity index (χ1) is 9.61. The number of halogens is 1. The van der Waals surface area contributed by atoms with Crippen molar-refractivity contribution in [1.29, 1.82) is 0 Å². The highest BCUT2D eigenvalue weighted by Crippen LogP contribution is 2.19. The Morgan fingerprint density at radius 3 is 2.75 bits per heavy atom. The number of amides is 1. The third kappa shape index (κ3) is 3.71. The molecule has 1 saturated heterocycles. The summed E-state index contributed by atoms with van der Waals surface area (Å²) in [6.07, 6.45) is 1.60. The van der Waals surface area contributed by atoms with E-state index in [2.05, 4.69) is 12.6 Å². The van der Waals surface area contributed by atoms with Crippen LogP contribution in [0.2, 0.25) is 0 Å². The lowest BCUT2D eigenvalue weighted by Gasteiger charge is -2.32. The maximum atomic E-state index is 13.1. The summed E-state index contributed by atoms with van der Waals surface area (Å²) in [5, 5.41) is 8.71. The van der Waals surface area contributed by atoms with Gasteiger partial charge in [-0.3, -0.25) is 4.79 Å². The van der Waals surface area contributed by atoms with E-state index in [4.69, 9.17) is 9.84 Å². The second-order valence-corrected chi connectivity index (χ2v) is 5.23. The molecule has 0 radical (unpaired) electrons. The fourth-order valence-corrected chi connectivity index (χ4v) is 2.49. The molecule has 1 heterocycles. The minimum atomic E-state index is -0.430. The molecule has 1 aromatic rings. The van der Waals surface area contributed by atoms with E-state index in [1.54, 1.807) is 4.90 Å². The van der Waals surface area contributed by atoms with Crippen LogP contribution in [0.1, 0.15) is 23.2 Å². The maximum Gasteiger partial charge on any atom is 0.253 e. The number of carbonyl (C=O) groups excluding carboxylic acids is 1. The van der Waals surface area contributed by atoms with Gasteiger partial charge >= 0.3 is 0 Å². The normalized spacial score (nSPS) is 16.4. The Morgan fingerprint density at radius 1 is 1.45 bits per heavy atom. The Bertz CT molecular complexity index is 475. The van der Waals surface area contributed by atoms with Gasteiger partial charge in [-0.1, -0.05) is 0 Å². The molecule has 0 spiro atoms. The SMILES string of the molecule is O=C(c1ccc(F)c(S)c1)N1CCC(OCCO)CC1. The molecule has 1 amide bonds. The Hall–Kier alpha value is -1.11. The molecular weight excluding hydrogens is 281 g/mol. The van der Waals surface area contributed by atoms with Gasteiger partial charge in [0.2, 0.25) is 0 Å². The van der Waals surface area contributed by atoms with E-state index in [9.17, 15) is 9.18 Å². The molecule has 1 N–H and O–H groups in total. The Balaban J connectivity index is 1.92. The number of ether oxygens (including phenoxy) is 1. The van der Waals surface area contributed by atoms with Gasteiger partial charge in [0.05, 0.1) is 19.3 Å². The zero-order valence-electron chi connectivity index (χ0n) is 11.1. The number of nitrogens with zero attached hydrogens (tertiary/aromatic N) is 1. The summed E-state index contributed by atoms with van der Waals surface area (Å²) < 4.78 is 18.6. The Morgan fingerprint density at radius 2 is 2.15 bits per heavy atom. The van der Waals surface area contributed by atoms with Gasteiger partial charge in [0.25, 0.3) is 5.91 Å². The zero-order valence-corrected chi connectivity index (χ0v) is 12.0. The van der Waals surface area contributed by atoms with Crippen LogP contribution in [-0.4, -0.2) is 48.3 Å². The van der Waals surface area contributed by atoms with Crippen molar-refractivity contribution < 1.29 is 19.0 Å². The summed E-state index contributed by atoms with van der Waals surface area (Å²) in [4.78, 5) is 14.2. The average Bonchev–Trinajstić information content (AvgIpc) is 2.48. The largest absolute Gasteiger partial charge is 0.394 e. The van der Waals surface area contributed by atoms with Crippen molar-refractivity contribution in [3.8, 4) is 0 Å². The molecule has 0 saturated carbocycles. The van der Waals surface area contributed by atoms with Crippen LogP contribution in [0.3, 0.4) is 0 Å². The van der Waals surface area contributed by atoms with Crippen LogP contribution in [-0.2, 0) is 4.74 Å². The van der Waals surface area contributed by atoms with E-state index in [1.165, 1.54) is 18.2 Å². The Labute approximate surface area is 122 Å². The van der Waals surface area contributed by atoms with E-state index < -0.39 is 5.82 Å². The number of hydrogen-bond acceptors (Lipinski definition) is 4. The number of thiol groups is 1. The molecule has 0 aromatic heterocycles. The maximum absolute atomic E-state index is 13.1. The second-order valence-electron chi connectivity index (χ2n) is 4.75. The van der Waals surface area contributed by atoms with Crippen LogP contribution in [0.25, 0.3) is 0 Å². The predicted molar refractivity (Wildman–Crippen MR) is 75.6 cm³/mol. The van der Waals surface area contributed by atoms with Crippen molar-refractivity contribution in [3.63, 3.8) is 0 Å². The smallest absolute Gasteiger partial charge is 0.253 e. The Kier molecular flexibility index (Phi) is 5.39. The third-order valence-corrected chi connectivity index (χ3v) is 3.71. The molecule has 0 aliphatic carbocycles. The summed E-state index contributed by atoms with van der Waals surface area (Å²) in [5.74, 6) is -0.540. The van der Waals surface area contributed by atoms with Crippen LogP contribution >= 0.6 is 12.6 Å². The van der Waals surface area contributed by atoms with Crippen molar-refractivity contribution in [2.75, 3.05) is 26.3 Å². The molecule has 0 bridgehead atoms. The second kappa shape index (κ2) is 7.06. The monoisotopic (exact) mass is 299 g/mol. The number of benzene rings is 1. The first-order valence-corrected chi connectivity index (χ1v) is 7.07. The summed E-state index contributed by atoms with van der Waals surface area (Å²) >= 11 is 3.99. The number of carbonyl (C=O) groups is 1. The molecule has 6 heteroatoms. The summed E-state index contributed by atoms with van der Waals surface area (Å²) in [5.41, 5.74) is 0.450. The van der Waals surface area contributed by atoms with Crippen LogP contribution in [0, 0.1) is 5.82 Å². The summed E-state index contributed by atoms with van der Waals surface area (Å²) in [7, 11) is 0. The molecule has 1 fully saturated rings. The van der Waals surface area contributed by atoms with E-state index >= 15 is 0 Å². The minimum Gasteiger partial charge on any atom is -0.394 e. The topological polar surface area (TPSA) is 49.8 Å². The molecule has 1 aliphatic heterocycles. The van der Waals surface area contributed by atoms with Crippen molar-refractivity contribution in [2.24, 2.45) is 0 Å². The van der Waals surface area contributed by atoms with Gasteiger partial charge in [0.1, 0.15) is 5.82 Å². The highest BCUT2D eigenvalue weighted by atomic mass is 32.1. The quantitative estimate of drug-likeness (QED) is 0.833. The molecule has 110 valence electrons. The molecule has 0 unspecified atom stereocenters. The lowest BCUT2D eigenvalue weighted by molar-refractivity contribution is -0.00554. The molecule has 20 heavy (non-hydrogen) atoms. The van der Waals surface area contributed by atoms with Gasteiger partial charge < -0.3 is 14.7 Å². The van der Waals surface area contributed by atoms with Crippen LogP contribution in [0.4, 0.5) is 4.39 Å². The molecule has 1 aliphatic rings. The van der Waals surface area contributed by atoms with E-state index in [-0.39, 0.29) is 23.5 Å². The lowest BCUT2D eigenvalue weighted by atomic mass is 10.1. The summed E-state index contributed by atoms with van der Waals surface area (Å²) in [6.45, 7) is 1.56. The van der Waals surface area contributed by atoms with Crippen molar-refractivity contribution in [2.45, 2.75) is 23.8 Å². The molecule has 2 rings (SSSR count). The van der Waals surface area contributed by atoms with Gasteiger partial charge in [0.15, 0.2) is 0 Å². The van der Waals surface area contributed by atoms with Gasteiger partial charge in [-0.15, -0.1) is 12.6 Å². The molecule has 1 aromatic carbocycles. The van der Waals surface area contributed by atoms with E-state index in [1.807, 2.05) is 0 Å². The van der Waals surface area contributed by atoms with Crippen LogP contribution in [0.5, 0.6) is 0 Å². The lowest BCUT2D eigenvalue weighted by Crippen LogP contribution is -2.41. The fourth-order valence-electron chi connectivity index (χ4n) is 2.27. The highest BCUT2D eigenvalue weighted by molar-refractivity contribution is 7.80. The predicted octanol–water partition coefficient (Wildman–Crippen LogP) is 1.73. The molecule has 4 nitrogen and oxygen atoms in total. The number of aliphatic hydroxyl groups excluding tert-OH is 1. The van der Waals surface area contributed by atoms with Crippen molar-refractivity contribution in [3.05, 3.63) is 29.6 Å². The first kappa shape index (κ1) is 15.3. The van der Waals surface area contributed by atoms with E-state index in [0.717, 1.165) is 12.8 Å². The zero-order chi connectivity index (χ0) is 14.5. The third-order valence-electron chi connectivity index (χ3n) is 3.37. The minimum absolute atomic E-state index is 0.0133. The van der Waals surface area contributed by atoms with Crippen molar-refractivity contribution >= 4 is 18.5 Å². The molecular formula is C14H18FNO3S. The van der Waals surface area contributed by atoms with Crippen LogP contribution in [0.15, 0.2) is 23.1 Å². The number of aliphatic hydroxyl groups is 1. The number of hydrogen-bond donors (Lipinski definition) is 2. The number of likely N-dealkylation sites (tertiary alicyclic amines) is 1. The highest BCUT2D eigenvalue weighted by Gasteiger charge is 2.24. The van der Waals surface area contributed by atoms with E-state index in [0.29, 0.717) is 25.3 Å².